The van der Waals surface area contributed by atoms with E-state index in [1.807, 2.05) is 6.92 Å². The summed E-state index contributed by atoms with van der Waals surface area (Å²) in [6, 6.07) is 7.15. The first kappa shape index (κ1) is 17.6. The average molecular weight is 379 g/mol. The van der Waals surface area contributed by atoms with Gasteiger partial charge in [-0.3, -0.25) is 0 Å². The van der Waals surface area contributed by atoms with Gasteiger partial charge in [0.05, 0.1) is 23.6 Å². The molecule has 0 aliphatic carbocycles. The van der Waals surface area contributed by atoms with Gasteiger partial charge in [0.15, 0.2) is 9.84 Å². The second kappa shape index (κ2) is 7.32. The van der Waals surface area contributed by atoms with Crippen LogP contribution in [0.2, 0.25) is 0 Å². The molecule has 3 rings (SSSR count). The van der Waals surface area contributed by atoms with E-state index in [2.05, 4.69) is 15.1 Å². The molecule has 132 valence electrons. The van der Waals surface area contributed by atoms with Crippen LogP contribution in [0.15, 0.2) is 34.2 Å². The zero-order valence-electron chi connectivity index (χ0n) is 13.8. The summed E-state index contributed by atoms with van der Waals surface area (Å²) < 4.78 is 34.9. The summed E-state index contributed by atoms with van der Waals surface area (Å²) in [5.74, 6) is 0.588. The minimum absolute atomic E-state index is 0.0590. The Balaban J connectivity index is 1.73. The van der Waals surface area contributed by atoms with Crippen LogP contribution in [0.5, 0.6) is 5.75 Å². The summed E-state index contributed by atoms with van der Waals surface area (Å²) in [6.07, 6.45) is 0.790. The number of hydrogen-bond acceptors (Lipinski definition) is 8. The summed E-state index contributed by atoms with van der Waals surface area (Å²) >= 11 is 1.46. The quantitative estimate of drug-likeness (QED) is 0.623. The molecule has 25 heavy (non-hydrogen) atoms. The first-order valence-corrected chi connectivity index (χ1v) is 10.3. The molecule has 0 aliphatic heterocycles. The number of ether oxygens (including phenoxy) is 1. The molecule has 0 aliphatic rings. The van der Waals surface area contributed by atoms with Gasteiger partial charge in [-0.1, -0.05) is 24.2 Å². The molecule has 0 bridgehead atoms. The van der Waals surface area contributed by atoms with Crippen LogP contribution in [-0.4, -0.2) is 30.7 Å². The minimum Gasteiger partial charge on any atom is -0.497 e. The van der Waals surface area contributed by atoms with Crippen molar-refractivity contribution in [1.29, 1.82) is 0 Å². The predicted molar refractivity (Wildman–Crippen MR) is 94.1 cm³/mol. The Morgan fingerprint density at radius 2 is 2.08 bits per heavy atom. The number of aromatic nitrogens is 3. The molecular formula is C16H17N3O4S2. The number of thiazole rings is 1. The Bertz CT molecular complexity index is 963. The largest absolute Gasteiger partial charge is 0.497 e. The maximum absolute atomic E-state index is 12.3. The summed E-state index contributed by atoms with van der Waals surface area (Å²) in [5, 5.41) is 6.54. The Morgan fingerprint density at radius 3 is 2.80 bits per heavy atom. The molecule has 0 amide bonds. The first-order valence-electron chi connectivity index (χ1n) is 7.60. The highest BCUT2D eigenvalue weighted by molar-refractivity contribution is 7.89. The van der Waals surface area contributed by atoms with E-state index in [0.717, 1.165) is 11.4 Å². The lowest BCUT2D eigenvalue weighted by atomic mass is 10.2. The lowest BCUT2D eigenvalue weighted by molar-refractivity contribution is 0.389. The molecule has 2 heterocycles. The number of nitrogens with zero attached hydrogens (tertiary/aromatic N) is 3. The topological polar surface area (TPSA) is 95.2 Å². The van der Waals surface area contributed by atoms with E-state index in [9.17, 15) is 8.42 Å². The molecule has 0 fully saturated rings. The minimum atomic E-state index is -3.44. The fraction of sp³-hybridized carbons (Fsp3) is 0.312. The Hall–Kier alpha value is -2.26. The number of hydrogen-bond donors (Lipinski definition) is 0. The van der Waals surface area contributed by atoms with E-state index < -0.39 is 9.84 Å². The van der Waals surface area contributed by atoms with E-state index in [1.165, 1.54) is 11.3 Å². The van der Waals surface area contributed by atoms with Crippen molar-refractivity contribution < 1.29 is 17.7 Å². The number of methoxy groups -OCH3 is 1. The first-order chi connectivity index (χ1) is 12.0. The molecule has 0 spiro atoms. The molecule has 0 N–H and O–H groups in total. The smallest absolute Gasteiger partial charge is 0.242 e. The summed E-state index contributed by atoms with van der Waals surface area (Å²) in [7, 11) is -1.88. The third kappa shape index (κ3) is 4.43. The maximum Gasteiger partial charge on any atom is 0.242 e. The van der Waals surface area contributed by atoms with Crippen LogP contribution in [0.3, 0.4) is 0 Å². The van der Waals surface area contributed by atoms with E-state index >= 15 is 0 Å². The fourth-order valence-corrected chi connectivity index (χ4v) is 4.28. The number of rotatable bonds is 7. The monoisotopic (exact) mass is 379 g/mol. The van der Waals surface area contributed by atoms with Crippen molar-refractivity contribution in [3.8, 4) is 17.1 Å². The van der Waals surface area contributed by atoms with E-state index in [4.69, 9.17) is 9.26 Å². The highest BCUT2D eigenvalue weighted by atomic mass is 32.2. The highest BCUT2D eigenvalue weighted by Gasteiger charge is 2.20. The Labute approximate surface area is 149 Å². The van der Waals surface area contributed by atoms with Gasteiger partial charge < -0.3 is 9.26 Å². The SMILES string of the molecule is CCc1nc(CS(=O)(=O)Cc2nc(-c3cccc(OC)c3)no2)cs1. The maximum atomic E-state index is 12.3. The molecule has 7 nitrogen and oxygen atoms in total. The normalized spacial score (nSPS) is 11.6. The van der Waals surface area contributed by atoms with Crippen LogP contribution in [0.4, 0.5) is 0 Å². The van der Waals surface area contributed by atoms with E-state index in [1.54, 1.807) is 36.8 Å². The van der Waals surface area contributed by atoms with Gasteiger partial charge in [-0.15, -0.1) is 11.3 Å². The van der Waals surface area contributed by atoms with Gasteiger partial charge in [0, 0.05) is 10.9 Å². The fourth-order valence-electron chi connectivity index (χ4n) is 2.23. The van der Waals surface area contributed by atoms with Crippen molar-refractivity contribution in [2.75, 3.05) is 7.11 Å². The van der Waals surface area contributed by atoms with Crippen molar-refractivity contribution in [2.24, 2.45) is 0 Å². The number of benzene rings is 1. The Morgan fingerprint density at radius 1 is 1.24 bits per heavy atom. The van der Waals surface area contributed by atoms with Crippen molar-refractivity contribution in [3.05, 3.63) is 46.2 Å². The van der Waals surface area contributed by atoms with Crippen LogP contribution < -0.4 is 4.74 Å². The van der Waals surface area contributed by atoms with Crippen LogP contribution in [-0.2, 0) is 27.8 Å². The van der Waals surface area contributed by atoms with Gasteiger partial charge >= 0.3 is 0 Å². The van der Waals surface area contributed by atoms with Gasteiger partial charge in [0.25, 0.3) is 0 Å². The highest BCUT2D eigenvalue weighted by Crippen LogP contribution is 2.22. The van der Waals surface area contributed by atoms with Crippen molar-refractivity contribution >= 4 is 21.2 Å². The van der Waals surface area contributed by atoms with Crippen LogP contribution in [0.1, 0.15) is 23.5 Å². The second-order valence-electron chi connectivity index (χ2n) is 5.36. The van der Waals surface area contributed by atoms with Crippen LogP contribution in [0, 0.1) is 0 Å². The lowest BCUT2D eigenvalue weighted by Gasteiger charge is -2.00. The zero-order valence-corrected chi connectivity index (χ0v) is 15.4. The van der Waals surface area contributed by atoms with Crippen molar-refractivity contribution in [2.45, 2.75) is 24.9 Å². The third-order valence-electron chi connectivity index (χ3n) is 3.41. The van der Waals surface area contributed by atoms with Crippen molar-refractivity contribution in [3.63, 3.8) is 0 Å². The molecule has 1 aromatic carbocycles. The van der Waals surface area contributed by atoms with Crippen LogP contribution in [0.25, 0.3) is 11.4 Å². The summed E-state index contributed by atoms with van der Waals surface area (Å²) in [5.41, 5.74) is 1.24. The van der Waals surface area contributed by atoms with Crippen LogP contribution >= 0.6 is 11.3 Å². The molecule has 0 radical (unpaired) electrons. The number of aryl methyl sites for hydroxylation is 1. The van der Waals surface area contributed by atoms with Gasteiger partial charge in [-0.05, 0) is 18.6 Å². The van der Waals surface area contributed by atoms with Gasteiger partial charge in [-0.25, -0.2) is 13.4 Å². The Kier molecular flexibility index (Phi) is 5.14. The molecular weight excluding hydrogens is 362 g/mol. The lowest BCUT2D eigenvalue weighted by Crippen LogP contribution is -2.08. The molecule has 9 heteroatoms. The van der Waals surface area contributed by atoms with Gasteiger partial charge in [0.1, 0.15) is 11.5 Å². The average Bonchev–Trinajstić information content (AvgIpc) is 3.23. The summed E-state index contributed by atoms with van der Waals surface area (Å²) in [6.45, 7) is 1.98. The molecule has 2 aromatic heterocycles. The second-order valence-corrected chi connectivity index (χ2v) is 8.37. The molecule has 0 saturated carbocycles. The predicted octanol–water partition coefficient (Wildman–Crippen LogP) is 2.88. The molecule has 3 aromatic rings. The molecule has 0 unspecified atom stereocenters. The standard InChI is InChI=1S/C16H17N3O4S2/c1-3-15-17-12(8-24-15)9-25(20,21)10-14-18-16(19-23-14)11-5-4-6-13(7-11)22-2/h4-8H,3,9-10H2,1-2H3. The third-order valence-corrected chi connectivity index (χ3v) is 5.87. The van der Waals surface area contributed by atoms with E-state index in [-0.39, 0.29) is 17.4 Å². The summed E-state index contributed by atoms with van der Waals surface area (Å²) in [4.78, 5) is 8.46. The zero-order chi connectivity index (χ0) is 17.9. The van der Waals surface area contributed by atoms with Crippen molar-refractivity contribution in [1.82, 2.24) is 15.1 Å². The molecule has 0 saturated heterocycles. The van der Waals surface area contributed by atoms with Gasteiger partial charge in [0.2, 0.25) is 11.7 Å². The number of sulfone groups is 1. The molecule has 0 atom stereocenters. The van der Waals surface area contributed by atoms with Gasteiger partial charge in [-0.2, -0.15) is 4.98 Å². The van der Waals surface area contributed by atoms with E-state index in [0.29, 0.717) is 22.8 Å².